The van der Waals surface area contributed by atoms with Crippen molar-refractivity contribution in [1.82, 2.24) is 4.90 Å². The lowest BCUT2D eigenvalue weighted by Gasteiger charge is -2.47. The van der Waals surface area contributed by atoms with Crippen LogP contribution in [0.2, 0.25) is 0 Å². The molecule has 0 spiro atoms. The number of rotatable bonds is 9. The Morgan fingerprint density at radius 3 is 2.54 bits per heavy atom. The van der Waals surface area contributed by atoms with Gasteiger partial charge in [-0.25, -0.2) is 0 Å². The molecule has 1 aliphatic rings. The van der Waals surface area contributed by atoms with E-state index in [2.05, 4.69) is 6.07 Å². The summed E-state index contributed by atoms with van der Waals surface area (Å²) in [5.41, 5.74) is 1.53. The van der Waals surface area contributed by atoms with Crippen molar-refractivity contribution in [3.05, 3.63) is 59.7 Å². The molecule has 2 atom stereocenters. The molecule has 146 valence electrons. The van der Waals surface area contributed by atoms with Gasteiger partial charge in [0.05, 0.1) is 18.7 Å². The second kappa shape index (κ2) is 9.25. The molecule has 1 fully saturated rings. The van der Waals surface area contributed by atoms with E-state index in [1.54, 1.807) is 38.5 Å². The SMILES string of the molecule is COCCCCN1C(=O)[C@H](Oc2ccc(C#N)cc2)[C@@H]1c1cccc(OC)c1. The average Bonchev–Trinajstić information content (AvgIpc) is 2.74. The summed E-state index contributed by atoms with van der Waals surface area (Å²) < 4.78 is 16.4. The van der Waals surface area contributed by atoms with Crippen molar-refractivity contribution in [2.75, 3.05) is 27.4 Å². The van der Waals surface area contributed by atoms with Gasteiger partial charge in [-0.1, -0.05) is 12.1 Å². The van der Waals surface area contributed by atoms with Crippen molar-refractivity contribution >= 4 is 5.91 Å². The summed E-state index contributed by atoms with van der Waals surface area (Å²) in [6.07, 6.45) is 1.16. The molecule has 2 aromatic rings. The fourth-order valence-corrected chi connectivity index (χ4v) is 3.34. The molecule has 1 saturated heterocycles. The largest absolute Gasteiger partial charge is 0.497 e. The van der Waals surface area contributed by atoms with Crippen LogP contribution in [0.25, 0.3) is 0 Å². The van der Waals surface area contributed by atoms with Crippen LogP contribution >= 0.6 is 0 Å². The number of carbonyl (C=O) groups is 1. The van der Waals surface area contributed by atoms with Gasteiger partial charge in [-0.2, -0.15) is 5.26 Å². The molecule has 28 heavy (non-hydrogen) atoms. The van der Waals surface area contributed by atoms with Crippen LogP contribution in [0.1, 0.15) is 30.0 Å². The second-order valence-electron chi connectivity index (χ2n) is 6.63. The van der Waals surface area contributed by atoms with E-state index >= 15 is 0 Å². The summed E-state index contributed by atoms with van der Waals surface area (Å²) in [5, 5.41) is 8.93. The predicted octanol–water partition coefficient (Wildman–Crippen LogP) is 3.32. The fraction of sp³-hybridized carbons (Fsp3) is 0.364. The number of likely N-dealkylation sites (tertiary alicyclic amines) is 1. The molecule has 1 aliphatic heterocycles. The first-order valence-corrected chi connectivity index (χ1v) is 9.28. The number of carbonyl (C=O) groups excluding carboxylic acids is 1. The zero-order chi connectivity index (χ0) is 19.9. The minimum Gasteiger partial charge on any atom is -0.497 e. The first-order chi connectivity index (χ1) is 13.7. The number of unbranched alkanes of at least 4 members (excludes halogenated alkanes) is 1. The minimum absolute atomic E-state index is 0.0328. The van der Waals surface area contributed by atoms with Crippen molar-refractivity contribution in [2.45, 2.75) is 25.0 Å². The molecule has 0 aliphatic carbocycles. The zero-order valence-electron chi connectivity index (χ0n) is 16.1. The van der Waals surface area contributed by atoms with Gasteiger partial charge < -0.3 is 19.1 Å². The number of hydrogen-bond acceptors (Lipinski definition) is 5. The lowest BCUT2D eigenvalue weighted by molar-refractivity contribution is -0.164. The molecular formula is C22H24N2O4. The minimum atomic E-state index is -0.595. The Bertz CT molecular complexity index is 844. The lowest BCUT2D eigenvalue weighted by Crippen LogP contribution is -2.61. The van der Waals surface area contributed by atoms with E-state index in [1.165, 1.54) is 0 Å². The van der Waals surface area contributed by atoms with Gasteiger partial charge in [0.1, 0.15) is 17.5 Å². The van der Waals surface area contributed by atoms with Crippen LogP contribution in [-0.2, 0) is 9.53 Å². The number of methoxy groups -OCH3 is 2. The Morgan fingerprint density at radius 1 is 1.07 bits per heavy atom. The monoisotopic (exact) mass is 380 g/mol. The van der Waals surface area contributed by atoms with E-state index in [-0.39, 0.29) is 11.9 Å². The standard InChI is InChI=1S/C22H24N2O4/c1-26-13-4-3-12-24-20(17-6-5-7-19(14-17)27-2)21(22(24)25)28-18-10-8-16(15-23)9-11-18/h5-11,14,20-21H,3-4,12-13H2,1-2H3/t20-,21+/m0/s1. The second-order valence-corrected chi connectivity index (χ2v) is 6.63. The molecule has 6 heteroatoms. The van der Waals surface area contributed by atoms with Crippen LogP contribution in [0.15, 0.2) is 48.5 Å². The third kappa shape index (κ3) is 4.26. The summed E-state index contributed by atoms with van der Waals surface area (Å²) >= 11 is 0. The van der Waals surface area contributed by atoms with Crippen molar-refractivity contribution < 1.29 is 19.0 Å². The molecule has 0 radical (unpaired) electrons. The number of nitriles is 1. The van der Waals surface area contributed by atoms with Crippen molar-refractivity contribution in [3.8, 4) is 17.6 Å². The molecule has 0 bridgehead atoms. The van der Waals surface area contributed by atoms with Crippen LogP contribution in [0.3, 0.4) is 0 Å². The van der Waals surface area contributed by atoms with E-state index in [0.717, 1.165) is 24.2 Å². The highest BCUT2D eigenvalue weighted by molar-refractivity contribution is 5.89. The lowest BCUT2D eigenvalue weighted by atomic mass is 9.90. The van der Waals surface area contributed by atoms with Gasteiger partial charge in [0.2, 0.25) is 6.10 Å². The summed E-state index contributed by atoms with van der Waals surface area (Å²) in [5.74, 6) is 1.28. The molecule has 2 aromatic carbocycles. The Kier molecular flexibility index (Phi) is 6.51. The van der Waals surface area contributed by atoms with E-state index in [1.807, 2.05) is 29.2 Å². The normalized spacial score (nSPS) is 18.3. The van der Waals surface area contributed by atoms with Crippen LogP contribution in [0.5, 0.6) is 11.5 Å². The Balaban J connectivity index is 1.78. The molecule has 0 N–H and O–H groups in total. The Morgan fingerprint density at radius 2 is 1.86 bits per heavy atom. The van der Waals surface area contributed by atoms with E-state index < -0.39 is 6.10 Å². The molecular weight excluding hydrogens is 356 g/mol. The van der Waals surface area contributed by atoms with Gasteiger partial charge in [0.25, 0.3) is 5.91 Å². The third-order valence-electron chi connectivity index (χ3n) is 4.83. The highest BCUT2D eigenvalue weighted by Gasteiger charge is 2.49. The molecule has 6 nitrogen and oxygen atoms in total. The van der Waals surface area contributed by atoms with E-state index in [4.69, 9.17) is 19.5 Å². The molecule has 0 aromatic heterocycles. The number of benzene rings is 2. The Labute approximate surface area is 165 Å². The van der Waals surface area contributed by atoms with Gasteiger partial charge in [-0.3, -0.25) is 4.79 Å². The maximum Gasteiger partial charge on any atom is 0.266 e. The van der Waals surface area contributed by atoms with Gasteiger partial charge in [-0.15, -0.1) is 0 Å². The number of hydrogen-bond donors (Lipinski definition) is 0. The quantitative estimate of drug-likeness (QED) is 0.493. The van der Waals surface area contributed by atoms with Crippen LogP contribution < -0.4 is 9.47 Å². The Hall–Kier alpha value is -3.04. The number of amides is 1. The number of ether oxygens (including phenoxy) is 3. The summed E-state index contributed by atoms with van der Waals surface area (Å²) in [6.45, 7) is 1.33. The highest BCUT2D eigenvalue weighted by atomic mass is 16.5. The van der Waals surface area contributed by atoms with E-state index in [9.17, 15) is 4.79 Å². The third-order valence-corrected chi connectivity index (χ3v) is 4.83. The van der Waals surface area contributed by atoms with Gasteiger partial charge in [0.15, 0.2) is 0 Å². The maximum atomic E-state index is 12.8. The molecule has 0 saturated carbocycles. The summed E-state index contributed by atoms with van der Waals surface area (Å²) in [6, 6.07) is 16.4. The smallest absolute Gasteiger partial charge is 0.266 e. The topological polar surface area (TPSA) is 71.8 Å². The van der Waals surface area contributed by atoms with Crippen LogP contribution in [0, 0.1) is 11.3 Å². The first-order valence-electron chi connectivity index (χ1n) is 9.28. The maximum absolute atomic E-state index is 12.8. The summed E-state index contributed by atoms with van der Waals surface area (Å²) in [7, 11) is 3.30. The van der Waals surface area contributed by atoms with Crippen molar-refractivity contribution in [3.63, 3.8) is 0 Å². The predicted molar refractivity (Wildman–Crippen MR) is 104 cm³/mol. The van der Waals surface area contributed by atoms with Crippen molar-refractivity contribution in [2.24, 2.45) is 0 Å². The molecule has 1 heterocycles. The summed E-state index contributed by atoms with van der Waals surface area (Å²) in [4.78, 5) is 14.6. The fourth-order valence-electron chi connectivity index (χ4n) is 3.34. The first kappa shape index (κ1) is 19.7. The van der Waals surface area contributed by atoms with Crippen molar-refractivity contribution in [1.29, 1.82) is 5.26 Å². The van der Waals surface area contributed by atoms with E-state index in [0.29, 0.717) is 24.5 Å². The molecule has 1 amide bonds. The molecule has 0 unspecified atom stereocenters. The van der Waals surface area contributed by atoms with Crippen LogP contribution in [0.4, 0.5) is 0 Å². The van der Waals surface area contributed by atoms with Gasteiger partial charge >= 0.3 is 0 Å². The zero-order valence-corrected chi connectivity index (χ0v) is 16.1. The number of β-lactam (4-membered cyclic amide) rings is 1. The number of nitrogens with zero attached hydrogens (tertiary/aromatic N) is 2. The molecule has 3 rings (SSSR count). The van der Waals surface area contributed by atoms with Gasteiger partial charge in [-0.05, 0) is 54.8 Å². The van der Waals surface area contributed by atoms with Crippen LogP contribution in [-0.4, -0.2) is 44.3 Å². The average molecular weight is 380 g/mol. The van der Waals surface area contributed by atoms with Gasteiger partial charge in [0, 0.05) is 20.3 Å². The highest BCUT2D eigenvalue weighted by Crippen LogP contribution is 2.39.